The van der Waals surface area contributed by atoms with E-state index in [2.05, 4.69) is 15.6 Å². The first-order valence-corrected chi connectivity index (χ1v) is 9.26. The van der Waals surface area contributed by atoms with E-state index < -0.39 is 5.97 Å². The molecule has 0 aliphatic heterocycles. The van der Waals surface area contributed by atoms with Crippen molar-refractivity contribution < 1.29 is 19.1 Å². The fraction of sp³-hybridized carbons (Fsp3) is 0.381. The third-order valence-corrected chi connectivity index (χ3v) is 4.32. The number of aromatic nitrogens is 1. The van der Waals surface area contributed by atoms with Crippen molar-refractivity contribution in [2.75, 3.05) is 12.4 Å². The van der Waals surface area contributed by atoms with E-state index in [-0.39, 0.29) is 24.3 Å². The highest BCUT2D eigenvalue weighted by atomic mass is 16.5. The highest BCUT2D eigenvalue weighted by Crippen LogP contribution is 2.21. The first-order valence-electron chi connectivity index (χ1n) is 9.26. The topological polar surface area (TPSA) is 100 Å². The minimum Gasteiger partial charge on any atom is -0.465 e. The normalized spacial score (nSPS) is 10.6. The zero-order valence-corrected chi connectivity index (χ0v) is 16.9. The van der Waals surface area contributed by atoms with Gasteiger partial charge in [0, 0.05) is 17.4 Å². The molecule has 0 saturated carbocycles. The van der Waals surface area contributed by atoms with Crippen molar-refractivity contribution in [3.63, 3.8) is 0 Å². The highest BCUT2D eigenvalue weighted by Gasteiger charge is 2.23. The Bertz CT molecular complexity index is 867. The van der Waals surface area contributed by atoms with Crippen LogP contribution in [0.15, 0.2) is 24.3 Å². The minimum atomic E-state index is -0.464. The van der Waals surface area contributed by atoms with Crippen LogP contribution in [-0.2, 0) is 22.4 Å². The summed E-state index contributed by atoms with van der Waals surface area (Å²) in [6.07, 6.45) is 0.857. The molecule has 2 aromatic rings. The van der Waals surface area contributed by atoms with Gasteiger partial charge in [-0.2, -0.15) is 0 Å². The monoisotopic (exact) mass is 385 g/mol. The zero-order chi connectivity index (χ0) is 20.8. The van der Waals surface area contributed by atoms with Gasteiger partial charge in [0.25, 0.3) is 5.91 Å². The van der Waals surface area contributed by atoms with Crippen LogP contribution in [-0.4, -0.2) is 35.9 Å². The van der Waals surface area contributed by atoms with Gasteiger partial charge in [-0.05, 0) is 50.5 Å². The molecule has 2 amide bonds. The quantitative estimate of drug-likeness (QED) is 0.638. The molecule has 0 spiro atoms. The molecule has 3 N–H and O–H groups in total. The first kappa shape index (κ1) is 21.2. The van der Waals surface area contributed by atoms with E-state index >= 15 is 0 Å². The van der Waals surface area contributed by atoms with Crippen molar-refractivity contribution >= 4 is 23.5 Å². The molecule has 28 heavy (non-hydrogen) atoms. The van der Waals surface area contributed by atoms with Crippen molar-refractivity contribution in [2.24, 2.45) is 0 Å². The van der Waals surface area contributed by atoms with E-state index in [9.17, 15) is 14.4 Å². The molecule has 0 fully saturated rings. The van der Waals surface area contributed by atoms with Gasteiger partial charge in [-0.15, -0.1) is 0 Å². The van der Waals surface area contributed by atoms with Crippen LogP contribution < -0.4 is 10.6 Å². The lowest BCUT2D eigenvalue weighted by atomic mass is 10.1. The van der Waals surface area contributed by atoms with E-state index in [1.54, 1.807) is 31.2 Å². The van der Waals surface area contributed by atoms with Crippen LogP contribution in [0.1, 0.15) is 58.4 Å². The minimum absolute atomic E-state index is 0.0452. The van der Waals surface area contributed by atoms with Gasteiger partial charge in [0.1, 0.15) is 5.69 Å². The molecule has 0 bridgehead atoms. The van der Waals surface area contributed by atoms with Crippen LogP contribution in [0, 0.1) is 6.92 Å². The summed E-state index contributed by atoms with van der Waals surface area (Å²) in [5, 5.41) is 5.65. The predicted molar refractivity (Wildman–Crippen MR) is 108 cm³/mol. The zero-order valence-electron chi connectivity index (χ0n) is 16.9. The molecule has 0 aliphatic rings. The summed E-state index contributed by atoms with van der Waals surface area (Å²) in [6, 6.07) is 7.19. The second-order valence-corrected chi connectivity index (χ2v) is 6.87. The number of aromatic amines is 1. The van der Waals surface area contributed by atoms with Crippen LogP contribution >= 0.6 is 0 Å². The Hall–Kier alpha value is -3.09. The van der Waals surface area contributed by atoms with Gasteiger partial charge >= 0.3 is 5.97 Å². The molecule has 1 heterocycles. The van der Waals surface area contributed by atoms with Crippen molar-refractivity contribution in [1.82, 2.24) is 10.3 Å². The lowest BCUT2D eigenvalue weighted by Gasteiger charge is -2.09. The average Bonchev–Trinajstić information content (AvgIpc) is 2.98. The summed E-state index contributed by atoms with van der Waals surface area (Å²) < 4.78 is 4.82. The van der Waals surface area contributed by atoms with Crippen LogP contribution in [0.5, 0.6) is 0 Å². The number of carbonyl (C=O) groups is 3. The smallest absolute Gasteiger partial charge is 0.339 e. The standard InChI is InChI=1S/C21H27N3O4/c1-6-16-18(21(27)28-5)13(4)19(24-16)20(26)23-15-9-7-14(8-10-15)11-17(25)22-12(2)3/h7-10,12,24H,6,11H2,1-5H3,(H,22,25)(H,23,26). The number of ether oxygens (including phenoxy) is 1. The predicted octanol–water partition coefficient (Wildman–Crippen LogP) is 2.99. The Morgan fingerprint density at radius 1 is 1.14 bits per heavy atom. The van der Waals surface area contributed by atoms with E-state index in [4.69, 9.17) is 4.74 Å². The van der Waals surface area contributed by atoms with Crippen LogP contribution in [0.25, 0.3) is 0 Å². The largest absolute Gasteiger partial charge is 0.465 e. The maximum absolute atomic E-state index is 12.7. The number of H-pyrrole nitrogens is 1. The van der Waals surface area contributed by atoms with Crippen molar-refractivity contribution in [3.05, 3.63) is 52.3 Å². The van der Waals surface area contributed by atoms with Gasteiger partial charge in [0.05, 0.1) is 19.1 Å². The number of benzene rings is 1. The number of aryl methyl sites for hydroxylation is 1. The van der Waals surface area contributed by atoms with Crippen molar-refractivity contribution in [1.29, 1.82) is 0 Å². The molecule has 0 atom stereocenters. The molecule has 0 unspecified atom stereocenters. The lowest BCUT2D eigenvalue weighted by Crippen LogP contribution is -2.31. The summed E-state index contributed by atoms with van der Waals surface area (Å²) in [4.78, 5) is 39.5. The Kier molecular flexibility index (Phi) is 6.98. The maximum atomic E-state index is 12.7. The fourth-order valence-corrected chi connectivity index (χ4v) is 2.99. The summed E-state index contributed by atoms with van der Waals surface area (Å²) in [7, 11) is 1.32. The first-order chi connectivity index (χ1) is 13.3. The number of carbonyl (C=O) groups excluding carboxylic acids is 3. The molecule has 0 radical (unpaired) electrons. The lowest BCUT2D eigenvalue weighted by molar-refractivity contribution is -0.120. The molecule has 2 rings (SSSR count). The summed E-state index contributed by atoms with van der Waals surface area (Å²) in [5.41, 5.74) is 3.42. The van der Waals surface area contributed by atoms with Gasteiger partial charge in [-0.3, -0.25) is 9.59 Å². The molecule has 7 heteroatoms. The Balaban J connectivity index is 2.12. The second-order valence-electron chi connectivity index (χ2n) is 6.87. The van der Waals surface area contributed by atoms with Gasteiger partial charge < -0.3 is 20.4 Å². The Labute approximate surface area is 164 Å². The summed E-state index contributed by atoms with van der Waals surface area (Å²) in [5.74, 6) is -0.849. The molecule has 7 nitrogen and oxygen atoms in total. The van der Waals surface area contributed by atoms with Crippen molar-refractivity contribution in [2.45, 2.75) is 46.6 Å². The Morgan fingerprint density at radius 3 is 2.32 bits per heavy atom. The number of nitrogens with one attached hydrogen (secondary N) is 3. The highest BCUT2D eigenvalue weighted by molar-refractivity contribution is 6.06. The third kappa shape index (κ3) is 5.00. The molecular formula is C21H27N3O4. The number of hydrogen-bond donors (Lipinski definition) is 3. The number of esters is 1. The molecule has 1 aromatic carbocycles. The molecule has 0 aliphatic carbocycles. The molecule has 150 valence electrons. The number of methoxy groups -OCH3 is 1. The summed E-state index contributed by atoms with van der Waals surface area (Å²) in [6.45, 7) is 7.43. The van der Waals surface area contributed by atoms with E-state index in [0.717, 1.165) is 5.56 Å². The average molecular weight is 385 g/mol. The third-order valence-electron chi connectivity index (χ3n) is 4.32. The van der Waals surface area contributed by atoms with Gasteiger partial charge in [0.2, 0.25) is 5.91 Å². The van der Waals surface area contributed by atoms with Crippen LogP contribution in [0.4, 0.5) is 5.69 Å². The van der Waals surface area contributed by atoms with Gasteiger partial charge in [0.15, 0.2) is 0 Å². The van der Waals surface area contributed by atoms with Crippen LogP contribution in [0.2, 0.25) is 0 Å². The second kappa shape index (κ2) is 9.21. The van der Waals surface area contributed by atoms with E-state index in [1.807, 2.05) is 20.8 Å². The van der Waals surface area contributed by atoms with Gasteiger partial charge in [-0.25, -0.2) is 4.79 Å². The van der Waals surface area contributed by atoms with Crippen molar-refractivity contribution in [3.8, 4) is 0 Å². The Morgan fingerprint density at radius 2 is 1.79 bits per heavy atom. The molecule has 0 saturated heterocycles. The fourth-order valence-electron chi connectivity index (χ4n) is 2.99. The number of rotatable bonds is 7. The van der Waals surface area contributed by atoms with E-state index in [1.165, 1.54) is 7.11 Å². The number of amides is 2. The van der Waals surface area contributed by atoms with E-state index in [0.29, 0.717) is 34.6 Å². The maximum Gasteiger partial charge on any atom is 0.339 e. The SMILES string of the molecule is CCc1[nH]c(C(=O)Nc2ccc(CC(=O)NC(C)C)cc2)c(C)c1C(=O)OC. The number of anilines is 1. The molecular weight excluding hydrogens is 358 g/mol. The molecule has 1 aromatic heterocycles. The number of hydrogen-bond acceptors (Lipinski definition) is 4. The van der Waals surface area contributed by atoms with Crippen LogP contribution in [0.3, 0.4) is 0 Å². The van der Waals surface area contributed by atoms with Gasteiger partial charge in [-0.1, -0.05) is 19.1 Å². The summed E-state index contributed by atoms with van der Waals surface area (Å²) >= 11 is 0.